The van der Waals surface area contributed by atoms with Gasteiger partial charge in [0.2, 0.25) is 0 Å². The summed E-state index contributed by atoms with van der Waals surface area (Å²) in [4.78, 5) is 22.8. The maximum absolute atomic E-state index is 11.4. The molecule has 3 aliphatic rings. The van der Waals surface area contributed by atoms with Crippen molar-refractivity contribution in [3.63, 3.8) is 0 Å². The van der Waals surface area contributed by atoms with Crippen molar-refractivity contribution in [3.8, 4) is 0 Å². The number of cyclic esters (lactones) is 2. The van der Waals surface area contributed by atoms with Gasteiger partial charge >= 0.3 is 11.9 Å². The summed E-state index contributed by atoms with van der Waals surface area (Å²) < 4.78 is 4.70. The number of hydrogen-bond acceptors (Lipinski definition) is 3. The Hall–Kier alpha value is -0.860. The van der Waals surface area contributed by atoms with Crippen molar-refractivity contribution < 1.29 is 14.3 Å². The van der Waals surface area contributed by atoms with Crippen molar-refractivity contribution in [1.29, 1.82) is 0 Å². The second kappa shape index (κ2) is 1.97. The lowest BCUT2D eigenvalue weighted by atomic mass is 9.73. The van der Waals surface area contributed by atoms with E-state index in [1.807, 2.05) is 0 Å². The number of carbonyl (C=O) groups excluding carboxylic acids is 2. The van der Waals surface area contributed by atoms with Gasteiger partial charge in [0, 0.05) is 0 Å². The van der Waals surface area contributed by atoms with E-state index >= 15 is 0 Å². The quantitative estimate of drug-likeness (QED) is 0.414. The van der Waals surface area contributed by atoms with Crippen LogP contribution in [0.2, 0.25) is 0 Å². The zero-order valence-electron chi connectivity index (χ0n) is 7.58. The summed E-state index contributed by atoms with van der Waals surface area (Å²) in [7, 11) is 0. The molecule has 0 radical (unpaired) electrons. The summed E-state index contributed by atoms with van der Waals surface area (Å²) in [6, 6.07) is 0. The van der Waals surface area contributed by atoms with Gasteiger partial charge in [-0.1, -0.05) is 6.92 Å². The minimum Gasteiger partial charge on any atom is -0.393 e. The molecule has 0 spiro atoms. The summed E-state index contributed by atoms with van der Waals surface area (Å²) in [5, 5.41) is 0. The molecule has 3 rings (SSSR count). The average Bonchev–Trinajstić information content (AvgIpc) is 2.62. The van der Waals surface area contributed by atoms with E-state index in [1.165, 1.54) is 0 Å². The number of carbonyl (C=O) groups is 2. The van der Waals surface area contributed by atoms with Gasteiger partial charge < -0.3 is 4.74 Å². The third kappa shape index (κ3) is 0.713. The van der Waals surface area contributed by atoms with Gasteiger partial charge in [-0.15, -0.1) is 0 Å². The molecule has 2 saturated carbocycles. The minimum atomic E-state index is -0.264. The summed E-state index contributed by atoms with van der Waals surface area (Å²) in [6.07, 6.45) is 3.23. The molecule has 1 heterocycles. The van der Waals surface area contributed by atoms with E-state index in [9.17, 15) is 9.59 Å². The third-order valence-electron chi connectivity index (χ3n) is 4.16. The van der Waals surface area contributed by atoms with Gasteiger partial charge in [0.15, 0.2) is 0 Å². The van der Waals surface area contributed by atoms with Crippen LogP contribution in [0.5, 0.6) is 0 Å². The van der Waals surface area contributed by atoms with E-state index in [1.54, 1.807) is 0 Å². The Bertz CT molecular complexity index is 309. The molecule has 4 atom stereocenters. The fraction of sp³-hybridized carbons (Fsp3) is 0.800. The predicted molar refractivity (Wildman–Crippen MR) is 43.5 cm³/mol. The summed E-state index contributed by atoms with van der Waals surface area (Å²) in [5.41, 5.74) is 0.0680. The molecule has 3 heteroatoms. The molecule has 3 nitrogen and oxygen atoms in total. The first-order valence-electron chi connectivity index (χ1n) is 4.87. The molecule has 2 aliphatic carbocycles. The smallest absolute Gasteiger partial charge is 0.318 e. The van der Waals surface area contributed by atoms with E-state index in [-0.39, 0.29) is 29.2 Å². The van der Waals surface area contributed by atoms with Crippen LogP contribution in [0, 0.1) is 23.2 Å². The third-order valence-corrected chi connectivity index (χ3v) is 4.16. The van der Waals surface area contributed by atoms with Crippen molar-refractivity contribution in [2.75, 3.05) is 0 Å². The van der Waals surface area contributed by atoms with Crippen LogP contribution in [-0.2, 0) is 14.3 Å². The van der Waals surface area contributed by atoms with Crippen LogP contribution in [0.15, 0.2) is 0 Å². The molecule has 0 amide bonds. The molecular weight excluding hydrogens is 168 g/mol. The molecule has 4 unspecified atom stereocenters. The predicted octanol–water partition coefficient (Wildman–Crippen LogP) is 1.12. The second-order valence-electron chi connectivity index (χ2n) is 4.90. The first-order valence-corrected chi connectivity index (χ1v) is 4.87. The van der Waals surface area contributed by atoms with Crippen LogP contribution in [-0.4, -0.2) is 11.9 Å². The van der Waals surface area contributed by atoms with Crippen molar-refractivity contribution in [2.45, 2.75) is 26.2 Å². The zero-order valence-corrected chi connectivity index (χ0v) is 7.58. The fourth-order valence-corrected chi connectivity index (χ4v) is 3.60. The van der Waals surface area contributed by atoms with Crippen LogP contribution in [0.4, 0.5) is 0 Å². The Balaban J connectivity index is 2.08. The van der Waals surface area contributed by atoms with E-state index in [0.717, 1.165) is 19.3 Å². The molecule has 13 heavy (non-hydrogen) atoms. The maximum Gasteiger partial charge on any atom is 0.318 e. The maximum atomic E-state index is 11.4. The van der Waals surface area contributed by atoms with Crippen LogP contribution in [0.1, 0.15) is 26.2 Å². The molecule has 0 aromatic carbocycles. The van der Waals surface area contributed by atoms with E-state index in [4.69, 9.17) is 4.74 Å². The van der Waals surface area contributed by atoms with Gasteiger partial charge in [-0.3, -0.25) is 9.59 Å². The highest BCUT2D eigenvalue weighted by molar-refractivity contribution is 5.98. The molecule has 2 bridgehead atoms. The molecule has 0 aromatic heterocycles. The largest absolute Gasteiger partial charge is 0.393 e. The normalized spacial score (nSPS) is 52.5. The second-order valence-corrected chi connectivity index (χ2v) is 4.90. The summed E-state index contributed by atoms with van der Waals surface area (Å²) in [6.45, 7) is 2.12. The van der Waals surface area contributed by atoms with Crippen molar-refractivity contribution in [2.24, 2.45) is 23.2 Å². The van der Waals surface area contributed by atoms with Crippen molar-refractivity contribution in [3.05, 3.63) is 0 Å². The standard InChI is InChI=1S/C10H12O3/c1-10-3-2-5(4-10)6-7(10)9(12)13-8(6)11/h5-7H,2-4H2,1H3. The zero-order chi connectivity index (χ0) is 9.22. The summed E-state index contributed by atoms with van der Waals surface area (Å²) >= 11 is 0. The summed E-state index contributed by atoms with van der Waals surface area (Å²) in [5.74, 6) is -0.304. The van der Waals surface area contributed by atoms with Gasteiger partial charge in [-0.05, 0) is 30.6 Å². The molecule has 70 valence electrons. The number of ether oxygens (including phenoxy) is 1. The van der Waals surface area contributed by atoms with Crippen LogP contribution in [0.25, 0.3) is 0 Å². The lowest BCUT2D eigenvalue weighted by Crippen LogP contribution is -2.30. The first kappa shape index (κ1) is 7.54. The molecule has 1 aliphatic heterocycles. The Morgan fingerprint density at radius 3 is 2.85 bits per heavy atom. The Morgan fingerprint density at radius 2 is 2.15 bits per heavy atom. The lowest BCUT2D eigenvalue weighted by molar-refractivity contribution is -0.155. The molecule has 1 saturated heterocycles. The SMILES string of the molecule is CC12CCC(C1)C1C(=O)OC(=O)C12. The van der Waals surface area contributed by atoms with E-state index in [2.05, 4.69) is 6.92 Å². The Morgan fingerprint density at radius 1 is 1.38 bits per heavy atom. The van der Waals surface area contributed by atoms with Gasteiger partial charge in [0.1, 0.15) is 0 Å². The minimum absolute atomic E-state index is 0.0680. The molecule has 0 N–H and O–H groups in total. The Kier molecular flexibility index (Phi) is 1.14. The van der Waals surface area contributed by atoms with Gasteiger partial charge in [0.05, 0.1) is 11.8 Å². The average molecular weight is 180 g/mol. The van der Waals surface area contributed by atoms with Gasteiger partial charge in [-0.2, -0.15) is 0 Å². The number of hydrogen-bond donors (Lipinski definition) is 0. The topological polar surface area (TPSA) is 43.4 Å². The highest BCUT2D eigenvalue weighted by atomic mass is 16.6. The van der Waals surface area contributed by atoms with Gasteiger partial charge in [-0.25, -0.2) is 0 Å². The number of rotatable bonds is 0. The Labute approximate surface area is 76.4 Å². The first-order chi connectivity index (χ1) is 6.12. The molecule has 0 aromatic rings. The van der Waals surface area contributed by atoms with Crippen LogP contribution >= 0.6 is 0 Å². The molecule has 3 fully saturated rings. The lowest BCUT2D eigenvalue weighted by Gasteiger charge is -2.27. The van der Waals surface area contributed by atoms with Crippen LogP contribution < -0.4 is 0 Å². The highest BCUT2D eigenvalue weighted by Crippen LogP contribution is 2.62. The van der Waals surface area contributed by atoms with E-state index < -0.39 is 0 Å². The van der Waals surface area contributed by atoms with Crippen molar-refractivity contribution in [1.82, 2.24) is 0 Å². The monoisotopic (exact) mass is 180 g/mol. The fourth-order valence-electron chi connectivity index (χ4n) is 3.60. The van der Waals surface area contributed by atoms with Gasteiger partial charge in [0.25, 0.3) is 0 Å². The number of esters is 2. The molecular formula is C10H12O3. The number of fused-ring (bicyclic) bond motifs is 5. The van der Waals surface area contributed by atoms with E-state index in [0.29, 0.717) is 5.92 Å². The van der Waals surface area contributed by atoms with Crippen molar-refractivity contribution >= 4 is 11.9 Å². The van der Waals surface area contributed by atoms with Crippen LogP contribution in [0.3, 0.4) is 0 Å². The highest BCUT2D eigenvalue weighted by Gasteiger charge is 2.65.